The Morgan fingerprint density at radius 3 is 2.67 bits per heavy atom. The van der Waals surface area contributed by atoms with Gasteiger partial charge >= 0.3 is 6.18 Å². The molecule has 112 valence electrons. The molecule has 1 aromatic carbocycles. The van der Waals surface area contributed by atoms with E-state index in [-0.39, 0.29) is 12.1 Å². The van der Waals surface area contributed by atoms with Crippen molar-refractivity contribution in [3.8, 4) is 0 Å². The third-order valence-corrected chi connectivity index (χ3v) is 3.27. The van der Waals surface area contributed by atoms with Crippen LogP contribution < -0.4 is 5.32 Å². The number of nitrogens with zero attached hydrogens (tertiary/aromatic N) is 1. The largest absolute Gasteiger partial charge is 0.416 e. The minimum atomic E-state index is -4.70. The van der Waals surface area contributed by atoms with Crippen LogP contribution in [0, 0.1) is 5.82 Å². The number of alkyl halides is 3. The Bertz CT molecular complexity index is 626. The number of carbonyl (C=O) groups excluding carboxylic acids is 1. The zero-order valence-corrected chi connectivity index (χ0v) is 11.4. The monoisotopic (exact) mass is 318 g/mol. The summed E-state index contributed by atoms with van der Waals surface area (Å²) in [5.41, 5.74) is 0.863. The van der Waals surface area contributed by atoms with Crippen LogP contribution in [-0.2, 0) is 12.6 Å². The number of aromatic nitrogens is 1. The van der Waals surface area contributed by atoms with Gasteiger partial charge in [-0.25, -0.2) is 9.37 Å². The zero-order valence-electron chi connectivity index (χ0n) is 10.6. The number of thiazole rings is 1. The molecule has 0 saturated heterocycles. The van der Waals surface area contributed by atoms with E-state index in [1.165, 1.54) is 11.3 Å². The Morgan fingerprint density at radius 1 is 1.29 bits per heavy atom. The van der Waals surface area contributed by atoms with Crippen LogP contribution in [0.3, 0.4) is 0 Å². The number of carbonyl (C=O) groups is 1. The van der Waals surface area contributed by atoms with Crippen LogP contribution in [0.4, 0.5) is 17.6 Å². The van der Waals surface area contributed by atoms with Crippen LogP contribution in [0.5, 0.6) is 0 Å². The highest BCUT2D eigenvalue weighted by atomic mass is 32.1. The van der Waals surface area contributed by atoms with Crippen LogP contribution in [0.15, 0.2) is 29.1 Å². The quantitative estimate of drug-likeness (QED) is 0.879. The van der Waals surface area contributed by atoms with Gasteiger partial charge in [0.1, 0.15) is 5.82 Å². The summed E-state index contributed by atoms with van der Waals surface area (Å²) >= 11 is 1.40. The first kappa shape index (κ1) is 15.4. The first-order chi connectivity index (χ1) is 9.86. The molecule has 2 aromatic rings. The van der Waals surface area contributed by atoms with Crippen molar-refractivity contribution in [1.82, 2.24) is 10.3 Å². The van der Waals surface area contributed by atoms with Gasteiger partial charge in [-0.2, -0.15) is 13.2 Å². The van der Waals surface area contributed by atoms with E-state index in [2.05, 4.69) is 10.3 Å². The lowest BCUT2D eigenvalue weighted by atomic mass is 10.1. The average molecular weight is 318 g/mol. The standard InChI is InChI=1S/C13H10F4N2OS/c14-10-4-8(3-9(5-10)13(15,16)17)12(20)18-2-1-11-6-21-7-19-11/h3-7H,1-2H2,(H,18,20). The lowest BCUT2D eigenvalue weighted by Crippen LogP contribution is -2.26. The summed E-state index contributed by atoms with van der Waals surface area (Å²) in [4.78, 5) is 15.7. The van der Waals surface area contributed by atoms with Gasteiger partial charge in [-0.3, -0.25) is 4.79 Å². The van der Waals surface area contributed by atoms with E-state index in [1.54, 1.807) is 10.9 Å². The number of rotatable bonds is 4. The first-order valence-electron chi connectivity index (χ1n) is 5.89. The van der Waals surface area contributed by atoms with E-state index in [0.29, 0.717) is 18.6 Å². The van der Waals surface area contributed by atoms with Crippen LogP contribution in [0.1, 0.15) is 21.6 Å². The molecule has 0 aliphatic heterocycles. The van der Waals surface area contributed by atoms with Gasteiger partial charge in [0.05, 0.1) is 16.8 Å². The van der Waals surface area contributed by atoms with E-state index in [9.17, 15) is 22.4 Å². The van der Waals surface area contributed by atoms with Crippen molar-refractivity contribution in [3.05, 3.63) is 51.7 Å². The van der Waals surface area contributed by atoms with Gasteiger partial charge in [0.15, 0.2) is 0 Å². The minimum absolute atomic E-state index is 0.209. The topological polar surface area (TPSA) is 42.0 Å². The summed E-state index contributed by atoms with van der Waals surface area (Å²) in [5, 5.41) is 4.24. The number of halogens is 4. The number of amides is 1. The fraction of sp³-hybridized carbons (Fsp3) is 0.231. The maximum absolute atomic E-state index is 13.2. The molecule has 1 aromatic heterocycles. The summed E-state index contributed by atoms with van der Waals surface area (Å²) < 4.78 is 50.8. The van der Waals surface area contributed by atoms with Crippen molar-refractivity contribution in [2.45, 2.75) is 12.6 Å². The van der Waals surface area contributed by atoms with Crippen LogP contribution in [-0.4, -0.2) is 17.4 Å². The molecule has 0 radical (unpaired) electrons. The van der Waals surface area contributed by atoms with E-state index in [0.717, 1.165) is 11.8 Å². The molecule has 3 nitrogen and oxygen atoms in total. The molecule has 0 unspecified atom stereocenters. The Morgan fingerprint density at radius 2 is 2.05 bits per heavy atom. The van der Waals surface area contributed by atoms with Crippen molar-refractivity contribution in [2.24, 2.45) is 0 Å². The Balaban J connectivity index is 2.03. The summed E-state index contributed by atoms with van der Waals surface area (Å²) in [6.07, 6.45) is -4.24. The summed E-state index contributed by atoms with van der Waals surface area (Å²) in [5.74, 6) is -1.86. The van der Waals surface area contributed by atoms with Gasteiger partial charge in [0, 0.05) is 23.9 Å². The molecule has 1 N–H and O–H groups in total. The third-order valence-electron chi connectivity index (χ3n) is 2.64. The molecule has 8 heteroatoms. The Kier molecular flexibility index (Phi) is 4.56. The van der Waals surface area contributed by atoms with Crippen molar-refractivity contribution in [1.29, 1.82) is 0 Å². The molecule has 0 atom stereocenters. The van der Waals surface area contributed by atoms with E-state index in [4.69, 9.17) is 0 Å². The highest BCUT2D eigenvalue weighted by molar-refractivity contribution is 7.07. The van der Waals surface area contributed by atoms with E-state index >= 15 is 0 Å². The fourth-order valence-electron chi connectivity index (χ4n) is 1.65. The number of hydrogen-bond acceptors (Lipinski definition) is 3. The number of hydrogen-bond donors (Lipinski definition) is 1. The Labute approximate surface area is 121 Å². The van der Waals surface area contributed by atoms with E-state index < -0.39 is 23.5 Å². The smallest absolute Gasteiger partial charge is 0.352 e. The Hall–Kier alpha value is -1.96. The lowest BCUT2D eigenvalue weighted by molar-refractivity contribution is -0.137. The van der Waals surface area contributed by atoms with Gasteiger partial charge in [-0.05, 0) is 18.2 Å². The molecule has 0 aliphatic rings. The second-order valence-corrected chi connectivity index (χ2v) is 4.93. The summed E-state index contributed by atoms with van der Waals surface area (Å²) in [7, 11) is 0. The van der Waals surface area contributed by atoms with Crippen LogP contribution in [0.2, 0.25) is 0 Å². The third kappa shape index (κ3) is 4.25. The van der Waals surface area contributed by atoms with Crippen molar-refractivity contribution < 1.29 is 22.4 Å². The molecule has 0 spiro atoms. The van der Waals surface area contributed by atoms with Crippen molar-refractivity contribution >= 4 is 17.2 Å². The van der Waals surface area contributed by atoms with Gasteiger partial charge in [-0.1, -0.05) is 0 Å². The molecule has 0 aliphatic carbocycles. The molecular formula is C13H10F4N2OS. The maximum Gasteiger partial charge on any atom is 0.416 e. The zero-order chi connectivity index (χ0) is 15.5. The van der Waals surface area contributed by atoms with Gasteiger partial charge in [0.25, 0.3) is 5.91 Å². The predicted molar refractivity (Wildman–Crippen MR) is 69.6 cm³/mol. The van der Waals surface area contributed by atoms with Crippen molar-refractivity contribution in [2.75, 3.05) is 6.54 Å². The van der Waals surface area contributed by atoms with Crippen LogP contribution in [0.25, 0.3) is 0 Å². The van der Waals surface area contributed by atoms with Gasteiger partial charge < -0.3 is 5.32 Å². The first-order valence-corrected chi connectivity index (χ1v) is 6.83. The average Bonchev–Trinajstić information content (AvgIpc) is 2.90. The number of benzene rings is 1. The molecular weight excluding hydrogens is 308 g/mol. The molecule has 1 heterocycles. The second-order valence-electron chi connectivity index (χ2n) is 4.21. The highest BCUT2D eigenvalue weighted by Crippen LogP contribution is 2.30. The summed E-state index contributed by atoms with van der Waals surface area (Å²) in [6, 6.07) is 1.75. The number of nitrogens with one attached hydrogen (secondary N) is 1. The lowest BCUT2D eigenvalue weighted by Gasteiger charge is -2.09. The molecule has 0 fully saturated rings. The van der Waals surface area contributed by atoms with Gasteiger partial charge in [-0.15, -0.1) is 11.3 Å². The van der Waals surface area contributed by atoms with Gasteiger partial charge in [0.2, 0.25) is 0 Å². The second kappa shape index (κ2) is 6.21. The highest BCUT2D eigenvalue weighted by Gasteiger charge is 2.31. The molecule has 21 heavy (non-hydrogen) atoms. The predicted octanol–water partition coefficient (Wildman–Crippen LogP) is 3.27. The minimum Gasteiger partial charge on any atom is -0.352 e. The van der Waals surface area contributed by atoms with Crippen LogP contribution >= 0.6 is 11.3 Å². The molecule has 0 bridgehead atoms. The van der Waals surface area contributed by atoms with Crippen molar-refractivity contribution in [3.63, 3.8) is 0 Å². The SMILES string of the molecule is O=C(NCCc1cscn1)c1cc(F)cc(C(F)(F)F)c1. The van der Waals surface area contributed by atoms with E-state index in [1.807, 2.05) is 0 Å². The molecule has 0 saturated carbocycles. The normalized spacial score (nSPS) is 11.4. The summed E-state index contributed by atoms with van der Waals surface area (Å²) in [6.45, 7) is 0.209. The molecule has 2 rings (SSSR count). The fourth-order valence-corrected chi connectivity index (χ4v) is 2.24. The molecule has 1 amide bonds. The maximum atomic E-state index is 13.2.